The van der Waals surface area contributed by atoms with Crippen molar-refractivity contribution in [1.82, 2.24) is 9.88 Å². The fourth-order valence-corrected chi connectivity index (χ4v) is 5.86. The number of ketones is 1. The molecule has 0 spiro atoms. The topological polar surface area (TPSA) is 89.9 Å². The predicted molar refractivity (Wildman–Crippen MR) is 155 cm³/mol. The number of morpholine rings is 1. The second kappa shape index (κ2) is 11.8. The lowest BCUT2D eigenvalue weighted by atomic mass is 9.89. The number of hydrogen-bond acceptors (Lipinski definition) is 6. The van der Waals surface area contributed by atoms with Crippen LogP contribution in [0.1, 0.15) is 52.0 Å². The van der Waals surface area contributed by atoms with Gasteiger partial charge in [0.25, 0.3) is 11.5 Å². The van der Waals surface area contributed by atoms with Gasteiger partial charge in [-0.05, 0) is 73.2 Å². The molecule has 3 heterocycles. The van der Waals surface area contributed by atoms with Crippen molar-refractivity contribution in [1.29, 1.82) is 0 Å². The van der Waals surface area contributed by atoms with E-state index in [0.29, 0.717) is 37.6 Å². The number of carbonyl (C=O) groups excluding carboxylic acids is 2. The number of ether oxygens (including phenoxy) is 2. The van der Waals surface area contributed by atoms with Crippen LogP contribution in [0, 0.1) is 25.5 Å². The number of nitrogens with zero attached hydrogens (tertiary/aromatic N) is 2. The summed E-state index contributed by atoms with van der Waals surface area (Å²) in [6.07, 6.45) is 1.90. The minimum Gasteiger partial charge on any atom is -0.377 e. The Morgan fingerprint density at radius 3 is 2.45 bits per heavy atom. The van der Waals surface area contributed by atoms with Crippen LogP contribution in [0.4, 0.5) is 14.5 Å². The Hall–Kier alpha value is -3.89. The number of anilines is 1. The number of halogens is 2. The average Bonchev–Trinajstić information content (AvgIpc) is 3.43. The molecule has 10 heteroatoms. The van der Waals surface area contributed by atoms with Crippen LogP contribution in [0.25, 0.3) is 11.1 Å². The van der Waals surface area contributed by atoms with Gasteiger partial charge in [-0.1, -0.05) is 12.1 Å². The van der Waals surface area contributed by atoms with Crippen LogP contribution < -0.4 is 15.8 Å². The SMILES string of the molecule is CC(=O)[C@H](Cc1ccc(-c2c(C)c(C)cn(C)c2=O)c2c1COC2)NC(=O)c1c(F)cc(N2CCOC[C@@H]2C)cc1F. The first-order valence-electron chi connectivity index (χ1n) is 14.0. The van der Waals surface area contributed by atoms with Crippen LogP contribution in [0.5, 0.6) is 0 Å². The van der Waals surface area contributed by atoms with Gasteiger partial charge in [0, 0.05) is 37.9 Å². The summed E-state index contributed by atoms with van der Waals surface area (Å²) in [5, 5.41) is 2.55. The molecule has 222 valence electrons. The van der Waals surface area contributed by atoms with Crippen molar-refractivity contribution in [2.24, 2.45) is 7.05 Å². The maximum atomic E-state index is 15.1. The van der Waals surface area contributed by atoms with Gasteiger partial charge in [0.1, 0.15) is 17.2 Å². The highest BCUT2D eigenvalue weighted by Crippen LogP contribution is 2.35. The van der Waals surface area contributed by atoms with Crippen LogP contribution in [0.2, 0.25) is 0 Å². The van der Waals surface area contributed by atoms with Crippen LogP contribution in [0.15, 0.2) is 35.3 Å². The molecule has 2 aromatic carbocycles. The van der Waals surface area contributed by atoms with Crippen molar-refractivity contribution < 1.29 is 27.8 Å². The van der Waals surface area contributed by atoms with E-state index >= 15 is 8.78 Å². The van der Waals surface area contributed by atoms with Gasteiger partial charge in [-0.15, -0.1) is 0 Å². The van der Waals surface area contributed by atoms with E-state index in [9.17, 15) is 14.4 Å². The number of fused-ring (bicyclic) bond motifs is 1. The lowest BCUT2D eigenvalue weighted by Crippen LogP contribution is -2.44. The molecular weight excluding hydrogens is 544 g/mol. The monoisotopic (exact) mass is 579 g/mol. The summed E-state index contributed by atoms with van der Waals surface area (Å²) in [7, 11) is 1.71. The summed E-state index contributed by atoms with van der Waals surface area (Å²) in [6, 6.07) is 4.85. The average molecular weight is 580 g/mol. The highest BCUT2D eigenvalue weighted by Gasteiger charge is 2.29. The van der Waals surface area contributed by atoms with E-state index < -0.39 is 29.1 Å². The van der Waals surface area contributed by atoms with Crippen molar-refractivity contribution in [3.05, 3.63) is 85.8 Å². The first-order valence-corrected chi connectivity index (χ1v) is 14.0. The summed E-state index contributed by atoms with van der Waals surface area (Å²) in [4.78, 5) is 40.7. The van der Waals surface area contributed by atoms with Crippen molar-refractivity contribution >= 4 is 17.4 Å². The van der Waals surface area contributed by atoms with Crippen molar-refractivity contribution in [2.45, 2.75) is 59.4 Å². The smallest absolute Gasteiger partial charge is 0.258 e. The number of aromatic nitrogens is 1. The number of hydrogen-bond donors (Lipinski definition) is 1. The number of amides is 1. The van der Waals surface area contributed by atoms with Crippen molar-refractivity contribution in [3.63, 3.8) is 0 Å². The predicted octanol–water partition coefficient (Wildman–Crippen LogP) is 4.13. The third kappa shape index (κ3) is 5.48. The maximum absolute atomic E-state index is 15.1. The molecule has 2 atom stereocenters. The largest absolute Gasteiger partial charge is 0.377 e. The fraction of sp³-hybridized carbons (Fsp3) is 0.406. The normalized spacial score (nSPS) is 17.2. The Kier molecular flexibility index (Phi) is 8.30. The van der Waals surface area contributed by atoms with Gasteiger partial charge >= 0.3 is 0 Å². The van der Waals surface area contributed by atoms with E-state index in [1.54, 1.807) is 17.8 Å². The van der Waals surface area contributed by atoms with Crippen LogP contribution in [0.3, 0.4) is 0 Å². The van der Waals surface area contributed by atoms with Crippen molar-refractivity contribution in [3.8, 4) is 11.1 Å². The zero-order chi connectivity index (χ0) is 30.3. The van der Waals surface area contributed by atoms with E-state index in [0.717, 1.165) is 45.5 Å². The molecule has 0 radical (unpaired) electrons. The molecule has 0 unspecified atom stereocenters. The number of carbonyl (C=O) groups is 2. The van der Waals surface area contributed by atoms with E-state index in [-0.39, 0.29) is 30.4 Å². The standard InChI is InChI=1S/C32H35F2N3O5/c1-17-13-36(5)32(40)29(19(17)3)23-7-6-21(24-15-42-16-25(23)24)10-28(20(4)38)35-31(39)30-26(33)11-22(12-27(30)34)37-8-9-41-14-18(37)2/h6-7,11-13,18,28H,8-10,14-16H2,1-5H3,(H,35,39)/t18-,28-/m0/s1. The molecule has 3 aromatic rings. The van der Waals surface area contributed by atoms with Gasteiger partial charge < -0.3 is 24.3 Å². The molecule has 0 bridgehead atoms. The van der Waals surface area contributed by atoms with Crippen molar-refractivity contribution in [2.75, 3.05) is 24.7 Å². The van der Waals surface area contributed by atoms with E-state index in [1.807, 2.05) is 37.8 Å². The van der Waals surface area contributed by atoms with Gasteiger partial charge in [-0.25, -0.2) is 8.78 Å². The number of aryl methyl sites for hydroxylation is 2. The highest BCUT2D eigenvalue weighted by atomic mass is 19.1. The van der Waals surface area contributed by atoms with Gasteiger partial charge in [-0.3, -0.25) is 14.4 Å². The molecular formula is C32H35F2N3O5. The Bertz CT molecular complexity index is 1610. The number of pyridine rings is 1. The van der Waals surface area contributed by atoms with Crippen LogP contribution >= 0.6 is 0 Å². The van der Waals surface area contributed by atoms with Gasteiger partial charge in [0.2, 0.25) is 0 Å². The molecule has 1 aromatic heterocycles. The molecule has 5 rings (SSSR count). The summed E-state index contributed by atoms with van der Waals surface area (Å²) in [6.45, 7) is 9.01. The zero-order valence-electron chi connectivity index (χ0n) is 24.5. The third-order valence-electron chi connectivity index (χ3n) is 8.35. The molecule has 1 fully saturated rings. The Morgan fingerprint density at radius 2 is 1.79 bits per heavy atom. The van der Waals surface area contributed by atoms with E-state index in [1.165, 1.54) is 6.92 Å². The highest BCUT2D eigenvalue weighted by molar-refractivity contribution is 5.98. The molecule has 2 aliphatic rings. The van der Waals surface area contributed by atoms with Gasteiger partial charge in [0.05, 0.1) is 38.0 Å². The minimum absolute atomic E-state index is 0.0748. The lowest BCUT2D eigenvalue weighted by molar-refractivity contribution is -0.118. The molecule has 0 aliphatic carbocycles. The Labute approximate surface area is 243 Å². The van der Waals surface area contributed by atoms with Gasteiger partial charge in [-0.2, -0.15) is 0 Å². The second-order valence-electron chi connectivity index (χ2n) is 11.2. The second-order valence-corrected chi connectivity index (χ2v) is 11.2. The molecule has 42 heavy (non-hydrogen) atoms. The number of nitrogens with one attached hydrogen (secondary N) is 1. The minimum atomic E-state index is -1.03. The Balaban J connectivity index is 1.42. The number of benzene rings is 2. The summed E-state index contributed by atoms with van der Waals surface area (Å²) < 4.78 is 43.0. The first kappa shape index (κ1) is 29.6. The number of Topliss-reactive ketones (excluding diaryl/α,β-unsaturated/α-hetero) is 1. The summed E-state index contributed by atoms with van der Waals surface area (Å²) in [5.74, 6) is -3.37. The molecule has 1 saturated heterocycles. The van der Waals surface area contributed by atoms with Gasteiger partial charge in [0.15, 0.2) is 5.78 Å². The summed E-state index contributed by atoms with van der Waals surface area (Å²) in [5.41, 5.74) is 5.17. The Morgan fingerprint density at radius 1 is 1.10 bits per heavy atom. The van der Waals surface area contributed by atoms with Crippen LogP contribution in [-0.2, 0) is 41.0 Å². The first-order chi connectivity index (χ1) is 20.0. The quantitative estimate of drug-likeness (QED) is 0.453. The fourth-order valence-electron chi connectivity index (χ4n) is 5.86. The summed E-state index contributed by atoms with van der Waals surface area (Å²) >= 11 is 0. The molecule has 1 amide bonds. The van der Waals surface area contributed by atoms with E-state index in [2.05, 4.69) is 5.32 Å². The molecule has 8 nitrogen and oxygen atoms in total. The third-order valence-corrected chi connectivity index (χ3v) is 8.35. The molecule has 1 N–H and O–H groups in total. The lowest BCUT2D eigenvalue weighted by Gasteiger charge is -2.35. The molecule has 0 saturated carbocycles. The zero-order valence-corrected chi connectivity index (χ0v) is 24.5. The molecule has 2 aliphatic heterocycles. The van der Waals surface area contributed by atoms with E-state index in [4.69, 9.17) is 9.47 Å². The maximum Gasteiger partial charge on any atom is 0.258 e. The van der Waals surface area contributed by atoms with Crippen LogP contribution in [-0.4, -0.2) is 48.1 Å². The number of rotatable bonds is 7.